The third kappa shape index (κ3) is 4.44. The molecule has 7 nitrogen and oxygen atoms in total. The number of carboxylic acids is 1. The molecule has 21 heavy (non-hydrogen) atoms. The van der Waals surface area contributed by atoms with Gasteiger partial charge in [0.1, 0.15) is 17.4 Å². The van der Waals surface area contributed by atoms with Crippen LogP contribution in [0.1, 0.15) is 24.2 Å². The van der Waals surface area contributed by atoms with Crippen molar-refractivity contribution in [1.82, 2.24) is 5.32 Å². The summed E-state index contributed by atoms with van der Waals surface area (Å²) >= 11 is 0. The van der Waals surface area contributed by atoms with E-state index < -0.39 is 35.4 Å². The SMILES string of the molecule is CCOC(=O)C(C)NC(=O)Nc1cccc(F)c1C(=O)O. The van der Waals surface area contributed by atoms with E-state index in [9.17, 15) is 18.8 Å². The van der Waals surface area contributed by atoms with Crippen molar-refractivity contribution in [2.24, 2.45) is 0 Å². The second-order valence-corrected chi connectivity index (χ2v) is 4.04. The Hall–Kier alpha value is -2.64. The molecule has 0 bridgehead atoms. The Morgan fingerprint density at radius 3 is 2.62 bits per heavy atom. The highest BCUT2D eigenvalue weighted by atomic mass is 19.1. The van der Waals surface area contributed by atoms with Crippen molar-refractivity contribution in [2.75, 3.05) is 11.9 Å². The summed E-state index contributed by atoms with van der Waals surface area (Å²) < 4.78 is 18.1. The molecule has 8 heteroatoms. The zero-order chi connectivity index (χ0) is 16.0. The third-order valence-corrected chi connectivity index (χ3v) is 2.46. The fraction of sp³-hybridized carbons (Fsp3) is 0.308. The summed E-state index contributed by atoms with van der Waals surface area (Å²) in [5, 5.41) is 13.4. The molecule has 0 saturated heterocycles. The van der Waals surface area contributed by atoms with Crippen LogP contribution in [0.25, 0.3) is 0 Å². The number of hydrogen-bond donors (Lipinski definition) is 3. The Bertz CT molecular complexity index is 561. The lowest BCUT2D eigenvalue weighted by Gasteiger charge is -2.14. The average Bonchev–Trinajstić information content (AvgIpc) is 2.38. The maximum Gasteiger partial charge on any atom is 0.340 e. The van der Waals surface area contributed by atoms with Gasteiger partial charge in [0.2, 0.25) is 0 Å². The number of urea groups is 1. The van der Waals surface area contributed by atoms with Gasteiger partial charge in [-0.15, -0.1) is 0 Å². The quantitative estimate of drug-likeness (QED) is 0.716. The molecule has 0 heterocycles. The van der Waals surface area contributed by atoms with Gasteiger partial charge in [0.25, 0.3) is 0 Å². The summed E-state index contributed by atoms with van der Waals surface area (Å²) in [5.74, 6) is -3.12. The van der Waals surface area contributed by atoms with E-state index in [1.165, 1.54) is 19.1 Å². The van der Waals surface area contributed by atoms with Crippen molar-refractivity contribution in [3.05, 3.63) is 29.6 Å². The fourth-order valence-electron chi connectivity index (χ4n) is 1.53. The van der Waals surface area contributed by atoms with Crippen LogP contribution >= 0.6 is 0 Å². The van der Waals surface area contributed by atoms with Crippen LogP contribution in [0.4, 0.5) is 14.9 Å². The van der Waals surface area contributed by atoms with Crippen LogP contribution in [0.2, 0.25) is 0 Å². The molecule has 0 aliphatic heterocycles. The van der Waals surface area contributed by atoms with E-state index in [2.05, 4.69) is 10.6 Å². The maximum atomic E-state index is 13.4. The smallest absolute Gasteiger partial charge is 0.340 e. The molecule has 0 aliphatic carbocycles. The summed E-state index contributed by atoms with van der Waals surface area (Å²) in [7, 11) is 0. The standard InChI is InChI=1S/C13H15FN2O5/c1-3-21-12(19)7(2)15-13(20)16-9-6-4-5-8(14)10(9)11(17)18/h4-7H,3H2,1-2H3,(H,17,18)(H2,15,16,20). The number of anilines is 1. The summed E-state index contributed by atoms with van der Waals surface area (Å²) in [6.45, 7) is 3.19. The molecule has 0 saturated carbocycles. The summed E-state index contributed by atoms with van der Waals surface area (Å²) in [6, 6.07) is 1.69. The minimum absolute atomic E-state index is 0.166. The molecular formula is C13H15FN2O5. The van der Waals surface area contributed by atoms with Crippen LogP contribution in [0.15, 0.2) is 18.2 Å². The molecule has 0 aliphatic rings. The summed E-state index contributed by atoms with van der Waals surface area (Å²) in [4.78, 5) is 34.0. The molecule has 0 spiro atoms. The number of benzene rings is 1. The summed E-state index contributed by atoms with van der Waals surface area (Å²) in [5.41, 5.74) is -0.868. The highest BCUT2D eigenvalue weighted by Crippen LogP contribution is 2.18. The van der Waals surface area contributed by atoms with E-state index in [-0.39, 0.29) is 12.3 Å². The number of halogens is 1. The molecule has 3 N–H and O–H groups in total. The number of aromatic carboxylic acids is 1. The van der Waals surface area contributed by atoms with Gasteiger partial charge in [-0.1, -0.05) is 6.07 Å². The molecule has 1 atom stereocenters. The lowest BCUT2D eigenvalue weighted by Crippen LogP contribution is -2.42. The molecule has 0 aromatic heterocycles. The first-order valence-corrected chi connectivity index (χ1v) is 6.12. The van der Waals surface area contributed by atoms with Gasteiger partial charge in [-0.25, -0.2) is 18.8 Å². The Morgan fingerprint density at radius 2 is 2.05 bits per heavy atom. The number of amides is 2. The molecule has 0 fully saturated rings. The largest absolute Gasteiger partial charge is 0.478 e. The molecule has 1 rings (SSSR count). The number of nitrogens with one attached hydrogen (secondary N) is 2. The second kappa shape index (κ2) is 7.22. The topological polar surface area (TPSA) is 105 Å². The van der Waals surface area contributed by atoms with Crippen molar-refractivity contribution in [3.8, 4) is 0 Å². The van der Waals surface area contributed by atoms with Gasteiger partial charge >= 0.3 is 18.0 Å². The van der Waals surface area contributed by atoms with E-state index in [1.54, 1.807) is 6.92 Å². The molecule has 1 aromatic carbocycles. The number of ether oxygens (including phenoxy) is 1. The van der Waals surface area contributed by atoms with Crippen LogP contribution in [0, 0.1) is 5.82 Å². The monoisotopic (exact) mass is 298 g/mol. The average molecular weight is 298 g/mol. The zero-order valence-corrected chi connectivity index (χ0v) is 11.5. The van der Waals surface area contributed by atoms with Crippen LogP contribution in [-0.2, 0) is 9.53 Å². The minimum Gasteiger partial charge on any atom is -0.478 e. The van der Waals surface area contributed by atoms with Gasteiger partial charge in [-0.2, -0.15) is 0 Å². The Balaban J connectivity index is 2.78. The minimum atomic E-state index is -1.51. The molecular weight excluding hydrogens is 283 g/mol. The lowest BCUT2D eigenvalue weighted by atomic mass is 10.1. The Labute approximate surface area is 120 Å². The first-order valence-electron chi connectivity index (χ1n) is 6.12. The number of hydrogen-bond acceptors (Lipinski definition) is 4. The predicted octanol–water partition coefficient (Wildman–Crippen LogP) is 1.60. The van der Waals surface area contributed by atoms with Gasteiger partial charge in [0.15, 0.2) is 0 Å². The van der Waals surface area contributed by atoms with E-state index in [0.717, 1.165) is 6.07 Å². The highest BCUT2D eigenvalue weighted by molar-refractivity contribution is 6.00. The first kappa shape index (κ1) is 16.4. The third-order valence-electron chi connectivity index (χ3n) is 2.46. The number of esters is 1. The first-order chi connectivity index (χ1) is 9.86. The van der Waals surface area contributed by atoms with E-state index >= 15 is 0 Å². The van der Waals surface area contributed by atoms with Gasteiger partial charge < -0.3 is 20.5 Å². The van der Waals surface area contributed by atoms with Crippen molar-refractivity contribution in [2.45, 2.75) is 19.9 Å². The van der Waals surface area contributed by atoms with Crippen molar-refractivity contribution in [1.29, 1.82) is 0 Å². The van der Waals surface area contributed by atoms with Crippen LogP contribution < -0.4 is 10.6 Å². The molecule has 2 amide bonds. The zero-order valence-electron chi connectivity index (χ0n) is 11.5. The number of carbonyl (C=O) groups is 3. The van der Waals surface area contributed by atoms with E-state index in [0.29, 0.717) is 0 Å². The molecule has 114 valence electrons. The van der Waals surface area contributed by atoms with Gasteiger partial charge in [-0.3, -0.25) is 0 Å². The summed E-state index contributed by atoms with van der Waals surface area (Å²) in [6.07, 6.45) is 0. The number of carboxylic acid groups (broad SMARTS) is 1. The predicted molar refractivity (Wildman–Crippen MR) is 71.6 cm³/mol. The normalized spacial score (nSPS) is 11.4. The lowest BCUT2D eigenvalue weighted by molar-refractivity contribution is -0.144. The fourth-order valence-corrected chi connectivity index (χ4v) is 1.53. The number of rotatable bonds is 5. The molecule has 0 radical (unpaired) electrons. The van der Waals surface area contributed by atoms with Crippen LogP contribution in [0.5, 0.6) is 0 Å². The van der Waals surface area contributed by atoms with E-state index in [4.69, 9.17) is 9.84 Å². The Morgan fingerprint density at radius 1 is 1.38 bits per heavy atom. The maximum absolute atomic E-state index is 13.4. The molecule has 1 aromatic rings. The van der Waals surface area contributed by atoms with Gasteiger partial charge in [-0.05, 0) is 26.0 Å². The van der Waals surface area contributed by atoms with E-state index in [1.807, 2.05) is 0 Å². The van der Waals surface area contributed by atoms with Crippen molar-refractivity contribution >= 4 is 23.7 Å². The highest BCUT2D eigenvalue weighted by Gasteiger charge is 2.20. The molecule has 1 unspecified atom stereocenters. The van der Waals surface area contributed by atoms with Gasteiger partial charge in [0.05, 0.1) is 12.3 Å². The van der Waals surface area contributed by atoms with Gasteiger partial charge in [0, 0.05) is 0 Å². The second-order valence-electron chi connectivity index (χ2n) is 4.04. The van der Waals surface area contributed by atoms with Crippen LogP contribution in [0.3, 0.4) is 0 Å². The van der Waals surface area contributed by atoms with Crippen molar-refractivity contribution in [3.63, 3.8) is 0 Å². The van der Waals surface area contributed by atoms with Crippen molar-refractivity contribution < 1.29 is 28.6 Å². The van der Waals surface area contributed by atoms with Crippen LogP contribution in [-0.4, -0.2) is 35.7 Å². The Kier molecular flexibility index (Phi) is 5.65. The number of carbonyl (C=O) groups excluding carboxylic acids is 2.